The molecule has 0 spiro atoms. The fourth-order valence-corrected chi connectivity index (χ4v) is 3.47. The van der Waals surface area contributed by atoms with Gasteiger partial charge in [-0.05, 0) is 44.5 Å². The lowest BCUT2D eigenvalue weighted by Gasteiger charge is -2.13. The van der Waals surface area contributed by atoms with Gasteiger partial charge in [0.05, 0.1) is 17.1 Å². The predicted molar refractivity (Wildman–Crippen MR) is 108 cm³/mol. The summed E-state index contributed by atoms with van der Waals surface area (Å²) in [6.07, 6.45) is 3.34. The number of thioether (sulfide) groups is 1. The molecule has 1 atom stereocenters. The molecule has 2 aromatic heterocycles. The molecule has 6 nitrogen and oxygen atoms in total. The van der Waals surface area contributed by atoms with Crippen LogP contribution in [-0.2, 0) is 11.3 Å². The topological polar surface area (TPSA) is 73.0 Å². The minimum atomic E-state index is -0.463. The molecule has 146 valence electrons. The Kier molecular flexibility index (Phi) is 5.99. The average molecular weight is 400 g/mol. The van der Waals surface area contributed by atoms with Crippen LogP contribution in [0.4, 0.5) is 10.1 Å². The van der Waals surface area contributed by atoms with Crippen LogP contribution in [0.5, 0.6) is 0 Å². The number of benzene rings is 1. The van der Waals surface area contributed by atoms with Gasteiger partial charge in [-0.2, -0.15) is 0 Å². The second kappa shape index (κ2) is 8.43. The van der Waals surface area contributed by atoms with Gasteiger partial charge in [-0.15, -0.1) is 16.8 Å². The summed E-state index contributed by atoms with van der Waals surface area (Å²) in [6, 6.07) is 6.44. The molecule has 2 heterocycles. The SMILES string of the molecule is C=CCn1c(S[C@@H](C)C(=O)Nc2ccc(C)c(F)c2)nnc1-c1ccoc1C. The van der Waals surface area contributed by atoms with E-state index in [1.165, 1.54) is 17.8 Å². The van der Waals surface area contributed by atoms with Crippen molar-refractivity contribution in [2.75, 3.05) is 5.32 Å². The molecule has 8 heteroatoms. The number of aromatic nitrogens is 3. The smallest absolute Gasteiger partial charge is 0.237 e. The standard InChI is InChI=1S/C20H21FN4O2S/c1-5-9-25-18(16-8-10-27-13(16)3)23-24-20(25)28-14(4)19(26)22-15-7-6-12(2)17(21)11-15/h5-8,10-11,14H,1,9H2,2-4H3,(H,22,26)/t14-/m0/s1. The van der Waals surface area contributed by atoms with E-state index in [2.05, 4.69) is 22.1 Å². The van der Waals surface area contributed by atoms with Crippen LogP contribution < -0.4 is 5.32 Å². The van der Waals surface area contributed by atoms with Gasteiger partial charge < -0.3 is 9.73 Å². The number of rotatable bonds is 7. The van der Waals surface area contributed by atoms with Crippen LogP contribution in [0.1, 0.15) is 18.2 Å². The lowest BCUT2D eigenvalue weighted by molar-refractivity contribution is -0.115. The van der Waals surface area contributed by atoms with Gasteiger partial charge >= 0.3 is 0 Å². The molecular weight excluding hydrogens is 379 g/mol. The van der Waals surface area contributed by atoms with E-state index in [1.807, 2.05) is 17.6 Å². The van der Waals surface area contributed by atoms with Gasteiger partial charge in [0.15, 0.2) is 11.0 Å². The van der Waals surface area contributed by atoms with Gasteiger partial charge in [0.2, 0.25) is 5.91 Å². The Labute approximate surface area is 166 Å². The van der Waals surface area contributed by atoms with Crippen molar-refractivity contribution in [2.24, 2.45) is 0 Å². The largest absolute Gasteiger partial charge is 0.469 e. The highest BCUT2D eigenvalue weighted by Gasteiger charge is 2.22. The molecular formula is C20H21FN4O2S. The zero-order valence-corrected chi connectivity index (χ0v) is 16.7. The zero-order chi connectivity index (χ0) is 20.3. The number of allylic oxidation sites excluding steroid dienone is 1. The first-order chi connectivity index (χ1) is 13.4. The molecule has 3 aromatic rings. The van der Waals surface area contributed by atoms with Gasteiger partial charge in [0.1, 0.15) is 11.6 Å². The number of nitrogens with zero attached hydrogens (tertiary/aromatic N) is 3. The van der Waals surface area contributed by atoms with Gasteiger partial charge in [-0.3, -0.25) is 9.36 Å². The van der Waals surface area contributed by atoms with Crippen molar-refractivity contribution < 1.29 is 13.6 Å². The number of amides is 1. The monoisotopic (exact) mass is 400 g/mol. The van der Waals surface area contributed by atoms with E-state index in [0.29, 0.717) is 28.8 Å². The normalized spacial score (nSPS) is 12.0. The van der Waals surface area contributed by atoms with Crippen molar-refractivity contribution in [1.29, 1.82) is 0 Å². The van der Waals surface area contributed by atoms with E-state index < -0.39 is 5.25 Å². The van der Waals surface area contributed by atoms with E-state index in [-0.39, 0.29) is 11.7 Å². The number of halogens is 1. The number of hydrogen-bond acceptors (Lipinski definition) is 5. The predicted octanol–water partition coefficient (Wildman–Crippen LogP) is 4.60. The zero-order valence-electron chi connectivity index (χ0n) is 15.9. The second-order valence-corrected chi connectivity index (χ2v) is 7.62. The van der Waals surface area contributed by atoms with Crippen molar-refractivity contribution in [3.63, 3.8) is 0 Å². The van der Waals surface area contributed by atoms with Gasteiger partial charge in [0.25, 0.3) is 0 Å². The molecule has 1 aromatic carbocycles. The summed E-state index contributed by atoms with van der Waals surface area (Å²) in [7, 11) is 0. The Bertz CT molecular complexity index is 1010. The first-order valence-corrected chi connectivity index (χ1v) is 9.61. The van der Waals surface area contributed by atoms with Gasteiger partial charge in [-0.25, -0.2) is 4.39 Å². The molecule has 1 amide bonds. The Morgan fingerprint density at radius 1 is 1.39 bits per heavy atom. The second-order valence-electron chi connectivity index (χ2n) is 6.31. The third kappa shape index (κ3) is 4.17. The lowest BCUT2D eigenvalue weighted by atomic mass is 10.2. The van der Waals surface area contributed by atoms with Crippen molar-refractivity contribution >= 4 is 23.4 Å². The van der Waals surface area contributed by atoms with Crippen LogP contribution in [0.3, 0.4) is 0 Å². The number of nitrogens with one attached hydrogen (secondary N) is 1. The molecule has 0 aliphatic rings. The molecule has 3 rings (SSSR count). The van der Waals surface area contributed by atoms with Crippen molar-refractivity contribution in [3.05, 3.63) is 60.3 Å². The Morgan fingerprint density at radius 3 is 2.82 bits per heavy atom. The highest BCUT2D eigenvalue weighted by Crippen LogP contribution is 2.29. The van der Waals surface area contributed by atoms with Crippen LogP contribution >= 0.6 is 11.8 Å². The Hall–Kier alpha value is -2.87. The van der Waals surface area contributed by atoms with Crippen LogP contribution in [-0.4, -0.2) is 25.9 Å². The fourth-order valence-electron chi connectivity index (χ4n) is 2.61. The summed E-state index contributed by atoms with van der Waals surface area (Å²) in [4.78, 5) is 12.5. The molecule has 0 bridgehead atoms. The summed E-state index contributed by atoms with van der Waals surface area (Å²) in [5.74, 6) is 0.787. The summed E-state index contributed by atoms with van der Waals surface area (Å²) >= 11 is 1.27. The Balaban J connectivity index is 1.77. The number of carbonyl (C=O) groups excluding carboxylic acids is 1. The minimum absolute atomic E-state index is 0.248. The fraction of sp³-hybridized carbons (Fsp3) is 0.250. The summed E-state index contributed by atoms with van der Waals surface area (Å²) in [6.45, 7) is 9.56. The number of aryl methyl sites for hydroxylation is 2. The van der Waals surface area contributed by atoms with Crippen LogP contribution in [0, 0.1) is 19.7 Å². The van der Waals surface area contributed by atoms with E-state index >= 15 is 0 Å². The molecule has 0 radical (unpaired) electrons. The summed E-state index contributed by atoms with van der Waals surface area (Å²) in [5, 5.41) is 11.4. The summed E-state index contributed by atoms with van der Waals surface area (Å²) in [5.41, 5.74) is 1.79. The van der Waals surface area contributed by atoms with Crippen LogP contribution in [0.25, 0.3) is 11.4 Å². The van der Waals surface area contributed by atoms with Crippen molar-refractivity contribution in [1.82, 2.24) is 14.8 Å². The van der Waals surface area contributed by atoms with Crippen molar-refractivity contribution in [3.8, 4) is 11.4 Å². The Morgan fingerprint density at radius 2 is 2.18 bits per heavy atom. The molecule has 0 aliphatic carbocycles. The van der Waals surface area contributed by atoms with E-state index in [9.17, 15) is 9.18 Å². The average Bonchev–Trinajstić information content (AvgIpc) is 3.24. The molecule has 0 saturated heterocycles. The number of anilines is 1. The molecule has 0 unspecified atom stereocenters. The number of furan rings is 1. The molecule has 0 saturated carbocycles. The highest BCUT2D eigenvalue weighted by molar-refractivity contribution is 8.00. The van der Waals surface area contributed by atoms with E-state index in [1.54, 1.807) is 38.3 Å². The first kappa shape index (κ1) is 19.9. The quantitative estimate of drug-likeness (QED) is 0.463. The maximum atomic E-state index is 13.7. The van der Waals surface area contributed by atoms with E-state index in [4.69, 9.17) is 4.42 Å². The molecule has 0 aliphatic heterocycles. The highest BCUT2D eigenvalue weighted by atomic mass is 32.2. The molecule has 0 fully saturated rings. The maximum Gasteiger partial charge on any atom is 0.237 e. The van der Waals surface area contributed by atoms with Gasteiger partial charge in [-0.1, -0.05) is 23.9 Å². The number of hydrogen-bond donors (Lipinski definition) is 1. The maximum absolute atomic E-state index is 13.7. The first-order valence-electron chi connectivity index (χ1n) is 8.73. The van der Waals surface area contributed by atoms with Crippen LogP contribution in [0.15, 0.2) is 52.8 Å². The molecule has 1 N–H and O–H groups in total. The molecule has 28 heavy (non-hydrogen) atoms. The van der Waals surface area contributed by atoms with E-state index in [0.717, 1.165) is 11.3 Å². The lowest BCUT2D eigenvalue weighted by Crippen LogP contribution is -2.23. The van der Waals surface area contributed by atoms with Gasteiger partial charge in [0, 0.05) is 12.2 Å². The third-order valence-corrected chi connectivity index (χ3v) is 5.30. The van der Waals surface area contributed by atoms with Crippen molar-refractivity contribution in [2.45, 2.75) is 37.7 Å². The summed E-state index contributed by atoms with van der Waals surface area (Å²) < 4.78 is 20.9. The van der Waals surface area contributed by atoms with Crippen LogP contribution in [0.2, 0.25) is 0 Å². The minimum Gasteiger partial charge on any atom is -0.469 e. The number of carbonyl (C=O) groups is 1. The third-order valence-electron chi connectivity index (χ3n) is 4.22.